The summed E-state index contributed by atoms with van der Waals surface area (Å²) in [4.78, 5) is 29.3. The predicted molar refractivity (Wildman–Crippen MR) is 166 cm³/mol. The minimum Gasteiger partial charge on any atom is -0.489 e. The predicted octanol–water partition coefficient (Wildman–Crippen LogP) is 6.97. The summed E-state index contributed by atoms with van der Waals surface area (Å²) < 4.78 is 11.3. The number of rotatable bonds is 12. The first-order valence-corrected chi connectivity index (χ1v) is 14.9. The van der Waals surface area contributed by atoms with Gasteiger partial charge in [-0.05, 0) is 89.6 Å². The lowest BCUT2D eigenvalue weighted by Gasteiger charge is -2.39. The van der Waals surface area contributed by atoms with E-state index < -0.39 is 11.7 Å². The first kappa shape index (κ1) is 32.0. The number of likely N-dealkylation sites (tertiary alicyclic amines) is 1. The zero-order valence-corrected chi connectivity index (χ0v) is 25.8. The van der Waals surface area contributed by atoms with E-state index in [4.69, 9.17) is 9.47 Å². The van der Waals surface area contributed by atoms with Crippen LogP contribution in [0.15, 0.2) is 66.2 Å². The fraction of sp³-hybridized carbons (Fsp3) is 0.529. The van der Waals surface area contributed by atoms with Gasteiger partial charge in [-0.15, -0.1) is 0 Å². The van der Waals surface area contributed by atoms with Gasteiger partial charge in [0.2, 0.25) is 5.91 Å². The summed E-state index contributed by atoms with van der Waals surface area (Å²) in [6, 6.07) is 18.9. The first-order valence-electron chi connectivity index (χ1n) is 14.9. The van der Waals surface area contributed by atoms with Crippen LogP contribution in [0.1, 0.15) is 72.8 Å². The SMILES string of the molecule is CC(C)=CCN(c1ccc(OCc2ccccc2)cc1)C1CCN(C(=O)CC[C@H](C)CNC(=O)OC(C)(C)C)CC1. The molecule has 0 aliphatic carbocycles. The van der Waals surface area contributed by atoms with Crippen LogP contribution in [0.4, 0.5) is 10.5 Å². The Labute approximate surface area is 246 Å². The van der Waals surface area contributed by atoms with Crippen molar-refractivity contribution in [2.75, 3.05) is 31.1 Å². The topological polar surface area (TPSA) is 71.1 Å². The molecule has 1 heterocycles. The summed E-state index contributed by atoms with van der Waals surface area (Å²) in [6.45, 7) is 15.3. The van der Waals surface area contributed by atoms with E-state index >= 15 is 0 Å². The number of hydrogen-bond acceptors (Lipinski definition) is 5. The Morgan fingerprint density at radius 3 is 2.32 bits per heavy atom. The van der Waals surface area contributed by atoms with Crippen LogP contribution in [0.2, 0.25) is 0 Å². The first-order chi connectivity index (χ1) is 19.5. The molecule has 0 radical (unpaired) electrons. The standard InChI is InChI=1S/C34H49N3O4/c1-26(2)18-23-37(29-13-15-31(16-14-29)40-25-28-10-8-7-9-11-28)30-19-21-36(22-20-30)32(38)17-12-27(3)24-35-33(39)41-34(4,5)6/h7-11,13-16,18,27,30H,12,17,19-25H2,1-6H3,(H,35,39)/t27-/m0/s1. The van der Waals surface area contributed by atoms with Crippen LogP contribution in [0.25, 0.3) is 0 Å². The molecule has 1 aliphatic heterocycles. The van der Waals surface area contributed by atoms with Crippen molar-refractivity contribution in [3.05, 3.63) is 71.8 Å². The number of amides is 2. The number of carbonyl (C=O) groups excluding carboxylic acids is 2. The molecule has 41 heavy (non-hydrogen) atoms. The molecule has 1 fully saturated rings. The average Bonchev–Trinajstić information content (AvgIpc) is 2.94. The number of hydrogen-bond donors (Lipinski definition) is 1. The van der Waals surface area contributed by atoms with Crippen LogP contribution >= 0.6 is 0 Å². The van der Waals surface area contributed by atoms with Crippen molar-refractivity contribution < 1.29 is 19.1 Å². The Bertz CT molecular complexity index is 1110. The zero-order chi connectivity index (χ0) is 29.8. The lowest BCUT2D eigenvalue weighted by atomic mass is 10.00. The third kappa shape index (κ3) is 11.5. The fourth-order valence-electron chi connectivity index (χ4n) is 4.85. The molecule has 3 rings (SSSR count). The van der Waals surface area contributed by atoms with Gasteiger partial charge in [-0.3, -0.25) is 4.79 Å². The monoisotopic (exact) mass is 563 g/mol. The number of alkyl carbamates (subject to hydrolysis) is 1. The highest BCUT2D eigenvalue weighted by Crippen LogP contribution is 2.27. The van der Waals surface area contributed by atoms with E-state index in [9.17, 15) is 9.59 Å². The van der Waals surface area contributed by atoms with Crippen molar-refractivity contribution in [1.29, 1.82) is 0 Å². The number of carbonyl (C=O) groups is 2. The molecule has 7 heteroatoms. The van der Waals surface area contributed by atoms with Gasteiger partial charge in [0, 0.05) is 44.3 Å². The molecule has 2 aromatic carbocycles. The second-order valence-corrected chi connectivity index (χ2v) is 12.3. The molecule has 1 N–H and O–H groups in total. The third-order valence-electron chi connectivity index (χ3n) is 7.22. The molecule has 1 atom stereocenters. The van der Waals surface area contributed by atoms with E-state index in [1.54, 1.807) is 0 Å². The van der Waals surface area contributed by atoms with Gasteiger partial charge in [0.25, 0.3) is 0 Å². The van der Waals surface area contributed by atoms with E-state index in [1.165, 1.54) is 11.3 Å². The maximum absolute atomic E-state index is 13.0. The van der Waals surface area contributed by atoms with E-state index in [-0.39, 0.29) is 11.8 Å². The maximum atomic E-state index is 13.0. The van der Waals surface area contributed by atoms with Gasteiger partial charge in [0.05, 0.1) is 0 Å². The molecule has 1 saturated heterocycles. The van der Waals surface area contributed by atoms with Crippen LogP contribution in [-0.4, -0.2) is 54.7 Å². The van der Waals surface area contributed by atoms with Crippen LogP contribution in [-0.2, 0) is 16.1 Å². The average molecular weight is 564 g/mol. The molecular formula is C34H49N3O4. The Kier molecular flexibility index (Phi) is 12.1. The second-order valence-electron chi connectivity index (χ2n) is 12.3. The Hall–Kier alpha value is -3.48. The van der Waals surface area contributed by atoms with E-state index in [0.717, 1.165) is 50.2 Å². The van der Waals surface area contributed by atoms with Gasteiger partial charge in [-0.1, -0.05) is 48.9 Å². The summed E-state index contributed by atoms with van der Waals surface area (Å²) in [6.07, 6.45) is 4.96. The molecule has 7 nitrogen and oxygen atoms in total. The molecule has 224 valence electrons. The third-order valence-corrected chi connectivity index (χ3v) is 7.22. The van der Waals surface area contributed by atoms with Crippen molar-refractivity contribution in [2.24, 2.45) is 5.92 Å². The van der Waals surface area contributed by atoms with Crippen LogP contribution in [0, 0.1) is 5.92 Å². The lowest BCUT2D eigenvalue weighted by molar-refractivity contribution is -0.132. The fourth-order valence-corrected chi connectivity index (χ4v) is 4.85. The minimum atomic E-state index is -0.517. The highest BCUT2D eigenvalue weighted by Gasteiger charge is 2.27. The molecule has 1 aliphatic rings. The number of allylic oxidation sites excluding steroid dienone is 1. The summed E-state index contributed by atoms with van der Waals surface area (Å²) in [5, 5.41) is 2.81. The summed E-state index contributed by atoms with van der Waals surface area (Å²) in [7, 11) is 0. The maximum Gasteiger partial charge on any atom is 0.407 e. The largest absolute Gasteiger partial charge is 0.489 e. The lowest BCUT2D eigenvalue weighted by Crippen LogP contribution is -2.47. The molecule has 2 aromatic rings. The number of anilines is 1. The second kappa shape index (κ2) is 15.5. The van der Waals surface area contributed by atoms with Gasteiger partial charge < -0.3 is 24.6 Å². The van der Waals surface area contributed by atoms with E-state index in [1.807, 2.05) is 56.0 Å². The molecule has 2 amide bonds. The quantitative estimate of drug-likeness (QED) is 0.282. The van der Waals surface area contributed by atoms with Crippen molar-refractivity contribution >= 4 is 17.7 Å². The minimum absolute atomic E-state index is 0.197. The molecule has 0 aromatic heterocycles. The number of nitrogens with one attached hydrogen (secondary N) is 1. The Morgan fingerprint density at radius 2 is 1.71 bits per heavy atom. The molecular weight excluding hydrogens is 514 g/mol. The van der Waals surface area contributed by atoms with Crippen LogP contribution < -0.4 is 15.0 Å². The van der Waals surface area contributed by atoms with E-state index in [2.05, 4.69) is 61.3 Å². The number of benzene rings is 2. The molecule has 0 saturated carbocycles. The summed E-state index contributed by atoms with van der Waals surface area (Å²) in [5.41, 5.74) is 3.10. The van der Waals surface area contributed by atoms with Crippen molar-refractivity contribution in [1.82, 2.24) is 10.2 Å². The van der Waals surface area contributed by atoms with Gasteiger partial charge in [0.15, 0.2) is 0 Å². The van der Waals surface area contributed by atoms with Crippen molar-refractivity contribution in [3.8, 4) is 5.75 Å². The number of nitrogens with zero attached hydrogens (tertiary/aromatic N) is 2. The van der Waals surface area contributed by atoms with Gasteiger partial charge in [-0.25, -0.2) is 4.79 Å². The van der Waals surface area contributed by atoms with Crippen molar-refractivity contribution in [2.45, 2.75) is 85.5 Å². The molecule has 0 unspecified atom stereocenters. The summed E-state index contributed by atoms with van der Waals surface area (Å²) in [5.74, 6) is 1.25. The Balaban J connectivity index is 1.49. The summed E-state index contributed by atoms with van der Waals surface area (Å²) >= 11 is 0. The van der Waals surface area contributed by atoms with E-state index in [0.29, 0.717) is 25.6 Å². The van der Waals surface area contributed by atoms with Gasteiger partial charge in [-0.2, -0.15) is 0 Å². The van der Waals surface area contributed by atoms with Gasteiger partial charge >= 0.3 is 6.09 Å². The highest BCUT2D eigenvalue weighted by atomic mass is 16.6. The molecule has 0 spiro atoms. The zero-order valence-electron chi connectivity index (χ0n) is 25.8. The number of piperidine rings is 1. The molecule has 0 bridgehead atoms. The normalized spacial score (nSPS) is 14.6. The highest BCUT2D eigenvalue weighted by molar-refractivity contribution is 5.76. The van der Waals surface area contributed by atoms with Gasteiger partial charge in [0.1, 0.15) is 18.0 Å². The smallest absolute Gasteiger partial charge is 0.407 e. The Morgan fingerprint density at radius 1 is 1.05 bits per heavy atom. The number of ether oxygens (including phenoxy) is 2. The van der Waals surface area contributed by atoms with Crippen LogP contribution in [0.3, 0.4) is 0 Å². The van der Waals surface area contributed by atoms with Crippen molar-refractivity contribution in [3.63, 3.8) is 0 Å². The van der Waals surface area contributed by atoms with Crippen LogP contribution in [0.5, 0.6) is 5.75 Å².